The molecule has 1 aliphatic heterocycles. The number of carbonyl (C=O) groups excluding carboxylic acids is 1. The Morgan fingerprint density at radius 2 is 2.03 bits per heavy atom. The summed E-state index contributed by atoms with van der Waals surface area (Å²) in [4.78, 5) is 17.5. The Morgan fingerprint density at radius 3 is 2.77 bits per heavy atom. The molecule has 0 fully saturated rings. The van der Waals surface area contributed by atoms with E-state index < -0.39 is 0 Å². The molecule has 1 atom stereocenters. The first-order valence-corrected chi connectivity index (χ1v) is 11.5. The van der Waals surface area contributed by atoms with E-state index in [9.17, 15) is 10.1 Å². The zero-order valence-electron chi connectivity index (χ0n) is 17.6. The summed E-state index contributed by atoms with van der Waals surface area (Å²) in [6.07, 6.45) is 5.45. The second-order valence-corrected chi connectivity index (χ2v) is 9.21. The SMILES string of the molecule is CCCCc1ccc(C2C(C#N)=C(N)N(c3ccccc3C)C3=C2C(=O)CCC3)s1. The fourth-order valence-corrected chi connectivity index (χ4v) is 5.67. The number of carbonyl (C=O) groups is 1. The van der Waals surface area contributed by atoms with Crippen LogP contribution in [0.1, 0.15) is 60.3 Å². The van der Waals surface area contributed by atoms with Gasteiger partial charge in [-0.1, -0.05) is 31.5 Å². The fourth-order valence-electron chi connectivity index (χ4n) is 4.50. The molecule has 1 aliphatic carbocycles. The van der Waals surface area contributed by atoms with Gasteiger partial charge in [0.15, 0.2) is 5.78 Å². The van der Waals surface area contributed by atoms with Gasteiger partial charge in [0, 0.05) is 27.4 Å². The molecular weight excluding hydrogens is 390 g/mol. The molecule has 30 heavy (non-hydrogen) atoms. The highest BCUT2D eigenvalue weighted by atomic mass is 32.1. The van der Waals surface area contributed by atoms with Gasteiger partial charge in [-0.3, -0.25) is 9.69 Å². The summed E-state index contributed by atoms with van der Waals surface area (Å²) in [5.41, 5.74) is 10.9. The van der Waals surface area contributed by atoms with Gasteiger partial charge in [0.05, 0.1) is 23.2 Å². The van der Waals surface area contributed by atoms with Crippen LogP contribution in [0.25, 0.3) is 0 Å². The molecule has 1 unspecified atom stereocenters. The number of hydrogen-bond acceptors (Lipinski definition) is 5. The van der Waals surface area contributed by atoms with Crippen LogP contribution in [0.15, 0.2) is 59.1 Å². The average molecular weight is 418 g/mol. The molecule has 0 amide bonds. The molecule has 1 aromatic heterocycles. The molecule has 0 saturated carbocycles. The van der Waals surface area contributed by atoms with E-state index in [4.69, 9.17) is 5.73 Å². The molecule has 154 valence electrons. The normalized spacial score (nSPS) is 19.2. The van der Waals surface area contributed by atoms with Crippen LogP contribution in [0.5, 0.6) is 0 Å². The monoisotopic (exact) mass is 417 g/mol. The second kappa shape index (κ2) is 8.49. The van der Waals surface area contributed by atoms with Crippen LogP contribution in [0.4, 0.5) is 5.69 Å². The number of anilines is 1. The molecular formula is C25H27N3OS. The standard InChI is InChI=1S/C25H27N3OS/c1-3-4-9-17-13-14-22(30-17)23-18(15-26)25(27)28(19-10-6-5-8-16(19)2)20-11-7-12-21(29)24(20)23/h5-6,8,10,13-14,23H,3-4,7,9,11-12,27H2,1-2H3. The number of unbranched alkanes of at least 4 members (excludes halogenated alkanes) is 1. The lowest BCUT2D eigenvalue weighted by Gasteiger charge is -2.39. The van der Waals surface area contributed by atoms with Gasteiger partial charge in [0.2, 0.25) is 0 Å². The van der Waals surface area contributed by atoms with Crippen LogP contribution in [0, 0.1) is 18.3 Å². The molecule has 4 nitrogen and oxygen atoms in total. The van der Waals surface area contributed by atoms with E-state index in [0.717, 1.165) is 59.5 Å². The van der Waals surface area contributed by atoms with E-state index in [0.29, 0.717) is 17.8 Å². The molecule has 0 radical (unpaired) electrons. The summed E-state index contributed by atoms with van der Waals surface area (Å²) in [7, 11) is 0. The van der Waals surface area contributed by atoms with Crippen molar-refractivity contribution in [2.75, 3.05) is 4.90 Å². The Hall–Kier alpha value is -2.84. The van der Waals surface area contributed by atoms with Crippen LogP contribution in [-0.2, 0) is 11.2 Å². The summed E-state index contributed by atoms with van der Waals surface area (Å²) in [6, 6.07) is 14.6. The summed E-state index contributed by atoms with van der Waals surface area (Å²) in [5.74, 6) is 0.246. The Bertz CT molecular complexity index is 1090. The van der Waals surface area contributed by atoms with Crippen LogP contribution >= 0.6 is 11.3 Å². The lowest BCUT2D eigenvalue weighted by atomic mass is 9.78. The van der Waals surface area contributed by atoms with Gasteiger partial charge in [0.25, 0.3) is 0 Å². The molecule has 2 aliphatic rings. The number of aryl methyl sites for hydroxylation is 2. The number of thiophene rings is 1. The molecule has 0 bridgehead atoms. The van der Waals surface area contributed by atoms with Crippen molar-refractivity contribution >= 4 is 22.8 Å². The Morgan fingerprint density at radius 1 is 1.23 bits per heavy atom. The van der Waals surface area contributed by atoms with Crippen molar-refractivity contribution in [2.45, 2.75) is 58.3 Å². The number of allylic oxidation sites excluding steroid dienone is 3. The van der Waals surface area contributed by atoms with Gasteiger partial charge in [0.1, 0.15) is 5.82 Å². The number of nitriles is 1. The summed E-state index contributed by atoms with van der Waals surface area (Å²) >= 11 is 1.71. The maximum absolute atomic E-state index is 13.2. The maximum Gasteiger partial charge on any atom is 0.161 e. The van der Waals surface area contributed by atoms with E-state index in [1.165, 1.54) is 4.88 Å². The number of rotatable bonds is 5. The quantitative estimate of drug-likeness (QED) is 0.677. The first kappa shape index (κ1) is 20.4. The molecule has 2 heterocycles. The third-order valence-electron chi connectivity index (χ3n) is 6.01. The molecule has 2 aromatic rings. The van der Waals surface area contributed by atoms with E-state index in [1.54, 1.807) is 11.3 Å². The van der Waals surface area contributed by atoms with E-state index in [1.807, 2.05) is 36.1 Å². The third kappa shape index (κ3) is 3.46. The Balaban J connectivity index is 1.88. The molecule has 5 heteroatoms. The number of benzene rings is 1. The van der Waals surface area contributed by atoms with Crippen LogP contribution in [-0.4, -0.2) is 5.78 Å². The Labute approximate surface area is 182 Å². The highest BCUT2D eigenvalue weighted by molar-refractivity contribution is 7.12. The minimum atomic E-state index is -0.349. The minimum Gasteiger partial charge on any atom is -0.384 e. The van der Waals surface area contributed by atoms with Gasteiger partial charge in [-0.2, -0.15) is 5.26 Å². The third-order valence-corrected chi connectivity index (χ3v) is 7.22. The summed E-state index contributed by atoms with van der Waals surface area (Å²) in [5, 5.41) is 10.1. The first-order valence-electron chi connectivity index (χ1n) is 10.7. The molecule has 0 spiro atoms. The molecule has 4 rings (SSSR count). The van der Waals surface area contributed by atoms with Gasteiger partial charge in [-0.25, -0.2) is 0 Å². The number of Topliss-reactive ketones (excluding diaryl/α,β-unsaturated/α-hetero) is 1. The van der Waals surface area contributed by atoms with E-state index >= 15 is 0 Å². The fraction of sp³-hybridized carbons (Fsp3) is 0.360. The van der Waals surface area contributed by atoms with Gasteiger partial charge >= 0.3 is 0 Å². The lowest BCUT2D eigenvalue weighted by Crippen LogP contribution is -2.38. The van der Waals surface area contributed by atoms with E-state index in [2.05, 4.69) is 25.1 Å². The van der Waals surface area contributed by atoms with Gasteiger partial charge in [-0.05, 0) is 56.4 Å². The minimum absolute atomic E-state index is 0.142. The van der Waals surface area contributed by atoms with Crippen molar-refractivity contribution in [1.29, 1.82) is 5.26 Å². The topological polar surface area (TPSA) is 70.1 Å². The number of nitrogens with zero attached hydrogens (tertiary/aromatic N) is 2. The highest BCUT2D eigenvalue weighted by Gasteiger charge is 2.41. The number of nitrogens with two attached hydrogens (primary N) is 1. The van der Waals surface area contributed by atoms with Gasteiger partial charge < -0.3 is 5.73 Å². The average Bonchev–Trinajstić information content (AvgIpc) is 3.21. The predicted molar refractivity (Wildman–Crippen MR) is 122 cm³/mol. The van der Waals surface area contributed by atoms with Crippen LogP contribution < -0.4 is 10.6 Å². The van der Waals surface area contributed by atoms with E-state index in [-0.39, 0.29) is 11.7 Å². The smallest absolute Gasteiger partial charge is 0.161 e. The zero-order valence-corrected chi connectivity index (χ0v) is 18.4. The summed E-state index contributed by atoms with van der Waals surface area (Å²) in [6.45, 7) is 4.22. The zero-order chi connectivity index (χ0) is 21.3. The summed E-state index contributed by atoms with van der Waals surface area (Å²) < 4.78 is 0. The number of ketones is 1. The molecule has 1 aromatic carbocycles. The molecule has 2 N–H and O–H groups in total. The predicted octanol–water partition coefficient (Wildman–Crippen LogP) is 5.70. The van der Waals surface area contributed by atoms with Crippen molar-refractivity contribution in [3.63, 3.8) is 0 Å². The van der Waals surface area contributed by atoms with Crippen molar-refractivity contribution < 1.29 is 4.79 Å². The van der Waals surface area contributed by atoms with Crippen molar-refractivity contribution in [2.24, 2.45) is 5.73 Å². The van der Waals surface area contributed by atoms with Crippen LogP contribution in [0.2, 0.25) is 0 Å². The number of para-hydroxylation sites is 1. The molecule has 0 saturated heterocycles. The Kier molecular flexibility index (Phi) is 5.78. The van der Waals surface area contributed by atoms with Crippen molar-refractivity contribution in [3.05, 3.63) is 74.4 Å². The maximum atomic E-state index is 13.2. The first-order chi connectivity index (χ1) is 14.6. The highest BCUT2D eigenvalue weighted by Crippen LogP contribution is 2.48. The lowest BCUT2D eigenvalue weighted by molar-refractivity contribution is -0.116. The largest absolute Gasteiger partial charge is 0.384 e. The number of hydrogen-bond donors (Lipinski definition) is 1. The van der Waals surface area contributed by atoms with Crippen molar-refractivity contribution in [3.8, 4) is 6.07 Å². The van der Waals surface area contributed by atoms with Gasteiger partial charge in [-0.15, -0.1) is 11.3 Å². The second-order valence-electron chi connectivity index (χ2n) is 8.01. The van der Waals surface area contributed by atoms with Crippen molar-refractivity contribution in [1.82, 2.24) is 0 Å². The van der Waals surface area contributed by atoms with Crippen LogP contribution in [0.3, 0.4) is 0 Å².